The summed E-state index contributed by atoms with van der Waals surface area (Å²) < 4.78 is 5.99. The SMILES string of the molecule is O=C(O)C1CCCCN1C(c1ccc(OCc2ccccc2)cc1)c1ccc2ccccc2c1. The van der Waals surface area contributed by atoms with Gasteiger partial charge in [-0.05, 0) is 65.0 Å². The van der Waals surface area contributed by atoms with Gasteiger partial charge in [0.1, 0.15) is 18.4 Å². The Morgan fingerprint density at radius 1 is 0.853 bits per heavy atom. The van der Waals surface area contributed by atoms with Crippen molar-refractivity contribution in [2.75, 3.05) is 6.54 Å². The highest BCUT2D eigenvalue weighted by Crippen LogP contribution is 2.36. The topological polar surface area (TPSA) is 49.8 Å². The van der Waals surface area contributed by atoms with Gasteiger partial charge in [-0.3, -0.25) is 9.69 Å². The number of aliphatic carboxylic acids is 1. The standard InChI is InChI=1S/C30H29NO3/c32-30(33)28-12-6-7-19-31(28)29(26-14-13-23-10-4-5-11-25(23)20-26)24-15-17-27(18-16-24)34-21-22-8-2-1-3-9-22/h1-5,8-11,13-18,20,28-29H,6-7,12,19,21H2,(H,32,33). The number of carboxylic acid groups (broad SMARTS) is 1. The summed E-state index contributed by atoms with van der Waals surface area (Å²) in [5.74, 6) is 0.0617. The summed E-state index contributed by atoms with van der Waals surface area (Å²) in [6.07, 6.45) is 2.63. The fourth-order valence-corrected chi connectivity index (χ4v) is 4.97. The lowest BCUT2D eigenvalue weighted by molar-refractivity contribution is -0.145. The van der Waals surface area contributed by atoms with Gasteiger partial charge in [0.15, 0.2) is 0 Å². The molecule has 1 saturated heterocycles. The predicted octanol–water partition coefficient (Wildman–Crippen LogP) is 6.45. The number of carboxylic acids is 1. The molecule has 0 amide bonds. The summed E-state index contributed by atoms with van der Waals surface area (Å²) in [7, 11) is 0. The highest BCUT2D eigenvalue weighted by molar-refractivity contribution is 5.83. The molecule has 5 rings (SSSR count). The number of benzene rings is 4. The highest BCUT2D eigenvalue weighted by Gasteiger charge is 2.35. The Morgan fingerprint density at radius 2 is 1.56 bits per heavy atom. The van der Waals surface area contributed by atoms with Crippen LogP contribution in [0, 0.1) is 0 Å². The summed E-state index contributed by atoms with van der Waals surface area (Å²) in [5, 5.41) is 12.3. The number of hydrogen-bond donors (Lipinski definition) is 1. The van der Waals surface area contributed by atoms with Gasteiger partial charge >= 0.3 is 5.97 Å². The molecule has 0 aromatic heterocycles. The van der Waals surface area contributed by atoms with Crippen molar-refractivity contribution >= 4 is 16.7 Å². The number of likely N-dealkylation sites (tertiary alicyclic amines) is 1. The molecule has 4 heteroatoms. The van der Waals surface area contributed by atoms with E-state index in [1.54, 1.807) is 0 Å². The fraction of sp³-hybridized carbons (Fsp3) is 0.233. The van der Waals surface area contributed by atoms with Crippen molar-refractivity contribution in [2.24, 2.45) is 0 Å². The smallest absolute Gasteiger partial charge is 0.320 e. The summed E-state index contributed by atoms with van der Waals surface area (Å²) in [5.41, 5.74) is 3.32. The zero-order chi connectivity index (χ0) is 23.3. The van der Waals surface area contributed by atoms with E-state index in [4.69, 9.17) is 4.74 Å². The lowest BCUT2D eigenvalue weighted by Crippen LogP contribution is -2.46. The van der Waals surface area contributed by atoms with Crippen LogP contribution in [0.3, 0.4) is 0 Å². The molecular formula is C30H29NO3. The van der Waals surface area contributed by atoms with Crippen LogP contribution in [0.1, 0.15) is 42.0 Å². The van der Waals surface area contributed by atoms with Crippen molar-refractivity contribution in [1.82, 2.24) is 4.90 Å². The number of carbonyl (C=O) groups is 1. The van der Waals surface area contributed by atoms with Gasteiger partial charge < -0.3 is 9.84 Å². The van der Waals surface area contributed by atoms with Crippen LogP contribution in [0.2, 0.25) is 0 Å². The number of piperidine rings is 1. The van der Waals surface area contributed by atoms with Crippen molar-refractivity contribution in [2.45, 2.75) is 38.0 Å². The third-order valence-electron chi connectivity index (χ3n) is 6.69. The molecule has 4 aromatic rings. The summed E-state index contributed by atoms with van der Waals surface area (Å²) in [6.45, 7) is 1.28. The normalized spacial score (nSPS) is 17.4. The minimum absolute atomic E-state index is 0.130. The third-order valence-corrected chi connectivity index (χ3v) is 6.69. The van der Waals surface area contributed by atoms with Crippen LogP contribution in [0.15, 0.2) is 97.1 Å². The first-order valence-corrected chi connectivity index (χ1v) is 11.9. The van der Waals surface area contributed by atoms with Crippen LogP contribution in [0.25, 0.3) is 10.8 Å². The second-order valence-electron chi connectivity index (χ2n) is 8.94. The van der Waals surface area contributed by atoms with Crippen molar-refractivity contribution in [3.8, 4) is 5.75 Å². The van der Waals surface area contributed by atoms with E-state index >= 15 is 0 Å². The lowest BCUT2D eigenvalue weighted by atomic mass is 9.90. The summed E-state index contributed by atoms with van der Waals surface area (Å²) in [6, 6.07) is 32.4. The molecule has 1 heterocycles. The van der Waals surface area contributed by atoms with Gasteiger partial charge in [0, 0.05) is 0 Å². The molecule has 0 bridgehead atoms. The molecule has 34 heavy (non-hydrogen) atoms. The molecule has 0 spiro atoms. The molecular weight excluding hydrogens is 422 g/mol. The first-order chi connectivity index (χ1) is 16.7. The molecule has 2 atom stereocenters. The molecule has 0 aliphatic carbocycles. The molecule has 2 unspecified atom stereocenters. The van der Waals surface area contributed by atoms with Crippen LogP contribution in [-0.4, -0.2) is 28.6 Å². The first kappa shape index (κ1) is 22.2. The second-order valence-corrected chi connectivity index (χ2v) is 8.94. The summed E-state index contributed by atoms with van der Waals surface area (Å²) >= 11 is 0. The molecule has 1 N–H and O–H groups in total. The molecule has 1 aliphatic heterocycles. The second kappa shape index (κ2) is 10.1. The number of fused-ring (bicyclic) bond motifs is 1. The largest absolute Gasteiger partial charge is 0.489 e. The molecule has 4 aromatic carbocycles. The lowest BCUT2D eigenvalue weighted by Gasteiger charge is -2.39. The van der Waals surface area contributed by atoms with Gasteiger partial charge in [-0.15, -0.1) is 0 Å². The third kappa shape index (κ3) is 4.82. The van der Waals surface area contributed by atoms with Gasteiger partial charge in [0.25, 0.3) is 0 Å². The molecule has 1 fully saturated rings. The van der Waals surface area contributed by atoms with E-state index in [1.165, 1.54) is 5.39 Å². The molecule has 4 nitrogen and oxygen atoms in total. The Kier molecular flexibility index (Phi) is 6.59. The van der Waals surface area contributed by atoms with Crippen molar-refractivity contribution in [3.05, 3.63) is 114 Å². The van der Waals surface area contributed by atoms with Crippen LogP contribution in [-0.2, 0) is 11.4 Å². The quantitative estimate of drug-likeness (QED) is 0.351. The molecule has 1 aliphatic rings. The van der Waals surface area contributed by atoms with Crippen molar-refractivity contribution in [1.29, 1.82) is 0 Å². The van der Waals surface area contributed by atoms with Crippen LogP contribution >= 0.6 is 0 Å². The summed E-state index contributed by atoms with van der Waals surface area (Å²) in [4.78, 5) is 14.3. The van der Waals surface area contributed by atoms with Gasteiger partial charge in [-0.1, -0.05) is 85.3 Å². The molecule has 0 saturated carbocycles. The Hall–Kier alpha value is -3.63. The molecule has 172 valence electrons. The Morgan fingerprint density at radius 3 is 2.32 bits per heavy atom. The Bertz CT molecular complexity index is 1250. The monoisotopic (exact) mass is 451 g/mol. The van der Waals surface area contributed by atoms with E-state index in [9.17, 15) is 9.90 Å². The zero-order valence-corrected chi connectivity index (χ0v) is 19.1. The minimum Gasteiger partial charge on any atom is -0.489 e. The van der Waals surface area contributed by atoms with Crippen LogP contribution < -0.4 is 4.74 Å². The van der Waals surface area contributed by atoms with Gasteiger partial charge in [0.2, 0.25) is 0 Å². The van der Waals surface area contributed by atoms with E-state index < -0.39 is 12.0 Å². The number of nitrogens with zero attached hydrogens (tertiary/aromatic N) is 1. The van der Waals surface area contributed by atoms with E-state index in [0.29, 0.717) is 13.0 Å². The van der Waals surface area contributed by atoms with Gasteiger partial charge in [-0.25, -0.2) is 0 Å². The fourth-order valence-electron chi connectivity index (χ4n) is 4.97. The maximum atomic E-state index is 12.2. The van der Waals surface area contributed by atoms with Crippen LogP contribution in [0.5, 0.6) is 5.75 Å². The predicted molar refractivity (Wildman–Crippen MR) is 135 cm³/mol. The minimum atomic E-state index is -0.742. The van der Waals surface area contributed by atoms with Crippen LogP contribution in [0.4, 0.5) is 0 Å². The van der Waals surface area contributed by atoms with E-state index in [1.807, 2.05) is 54.6 Å². The average molecular weight is 452 g/mol. The number of hydrogen-bond acceptors (Lipinski definition) is 3. The molecule has 0 radical (unpaired) electrons. The maximum Gasteiger partial charge on any atom is 0.320 e. The van der Waals surface area contributed by atoms with Gasteiger partial charge in [-0.2, -0.15) is 0 Å². The highest BCUT2D eigenvalue weighted by atomic mass is 16.5. The number of ether oxygens (including phenoxy) is 1. The number of rotatable bonds is 7. The van der Waals surface area contributed by atoms with Crippen molar-refractivity contribution < 1.29 is 14.6 Å². The average Bonchev–Trinajstić information content (AvgIpc) is 2.89. The van der Waals surface area contributed by atoms with E-state index in [-0.39, 0.29) is 6.04 Å². The Balaban J connectivity index is 1.47. The Labute approximate surface area is 200 Å². The van der Waals surface area contributed by atoms with Crippen molar-refractivity contribution in [3.63, 3.8) is 0 Å². The van der Waals surface area contributed by atoms with E-state index in [0.717, 1.165) is 47.2 Å². The zero-order valence-electron chi connectivity index (χ0n) is 19.1. The van der Waals surface area contributed by atoms with Gasteiger partial charge in [0.05, 0.1) is 6.04 Å². The first-order valence-electron chi connectivity index (χ1n) is 11.9. The van der Waals surface area contributed by atoms with E-state index in [2.05, 4.69) is 47.4 Å². The maximum absolute atomic E-state index is 12.2.